The van der Waals surface area contributed by atoms with Gasteiger partial charge in [-0.3, -0.25) is 0 Å². The van der Waals surface area contributed by atoms with E-state index in [1.165, 1.54) is 5.56 Å². The Morgan fingerprint density at radius 2 is 0.705 bits per heavy atom. The molecule has 0 spiro atoms. The standard InChI is InChI=1S/C15H16O2.C14H14O2.C9H12O.CH4/c1-10-7-12(3-5-14(10)16)9-13-4-6-15(17)11(2)8-13;1-9-3-5-11(7-13(9)15)12-6-4-10(2)14(16)8-12;1-6-4-8(3)9(10)5-7(6)2;/h3-8,16-17H,9H2,1-2H3;3-8,15-16H,1-2H3;4-5,10H,1-3H3;1H4. The molecule has 44 heavy (non-hydrogen) atoms. The van der Waals surface area contributed by atoms with E-state index in [-0.39, 0.29) is 18.9 Å². The molecular formula is C39H46O5. The summed E-state index contributed by atoms with van der Waals surface area (Å²) < 4.78 is 0. The molecule has 0 heterocycles. The Kier molecular flexibility index (Phi) is 12.5. The monoisotopic (exact) mass is 594 g/mol. The van der Waals surface area contributed by atoms with Gasteiger partial charge in [-0.15, -0.1) is 0 Å². The number of phenolic OH excluding ortho intramolecular Hbond substituents is 5. The van der Waals surface area contributed by atoms with E-state index in [4.69, 9.17) is 0 Å². The predicted octanol–water partition coefficient (Wildman–Crippen LogP) is 9.64. The molecule has 0 radical (unpaired) electrons. The summed E-state index contributed by atoms with van der Waals surface area (Å²) in [6.45, 7) is 13.4. The fourth-order valence-corrected chi connectivity index (χ4v) is 4.41. The average Bonchev–Trinajstić information content (AvgIpc) is 2.95. The molecule has 5 rings (SSSR count). The number of aryl methyl sites for hydroxylation is 7. The molecule has 0 saturated heterocycles. The van der Waals surface area contributed by atoms with E-state index in [0.717, 1.165) is 62.1 Å². The van der Waals surface area contributed by atoms with Gasteiger partial charge in [-0.05, 0) is 146 Å². The van der Waals surface area contributed by atoms with Gasteiger partial charge in [0.1, 0.15) is 28.7 Å². The zero-order chi connectivity index (χ0) is 31.8. The Bertz CT molecular complexity index is 1570. The minimum absolute atomic E-state index is 0. The second kappa shape index (κ2) is 15.5. The van der Waals surface area contributed by atoms with E-state index in [9.17, 15) is 25.5 Å². The van der Waals surface area contributed by atoms with Crippen LogP contribution in [0.25, 0.3) is 11.1 Å². The second-order valence-electron chi connectivity index (χ2n) is 11.1. The van der Waals surface area contributed by atoms with Gasteiger partial charge in [0.25, 0.3) is 0 Å². The summed E-state index contributed by atoms with van der Waals surface area (Å²) >= 11 is 0. The fourth-order valence-electron chi connectivity index (χ4n) is 4.41. The Morgan fingerprint density at radius 3 is 1.07 bits per heavy atom. The quantitative estimate of drug-likeness (QED) is 0.143. The van der Waals surface area contributed by atoms with Crippen molar-refractivity contribution >= 4 is 0 Å². The SMILES string of the molecule is C.Cc1cc(C)c(O)cc1C.Cc1cc(Cc2ccc(O)c(C)c2)ccc1O.Cc1ccc(-c2ccc(C)c(O)c2)cc1O. The average molecular weight is 595 g/mol. The van der Waals surface area contributed by atoms with Gasteiger partial charge < -0.3 is 25.5 Å². The highest BCUT2D eigenvalue weighted by atomic mass is 16.3. The van der Waals surface area contributed by atoms with Crippen LogP contribution in [0.3, 0.4) is 0 Å². The summed E-state index contributed by atoms with van der Waals surface area (Å²) in [5.41, 5.74) is 10.9. The summed E-state index contributed by atoms with van der Waals surface area (Å²) in [6, 6.07) is 26.0. The third kappa shape index (κ3) is 9.56. The Labute approximate surface area is 262 Å². The Hall–Kier alpha value is -4.90. The van der Waals surface area contributed by atoms with Crippen LogP contribution in [0.2, 0.25) is 0 Å². The second-order valence-corrected chi connectivity index (χ2v) is 11.1. The topological polar surface area (TPSA) is 101 Å². The van der Waals surface area contributed by atoms with Crippen LogP contribution in [0.15, 0.2) is 84.9 Å². The first-order valence-corrected chi connectivity index (χ1v) is 14.2. The summed E-state index contributed by atoms with van der Waals surface area (Å²) in [6.07, 6.45) is 0.808. The summed E-state index contributed by atoms with van der Waals surface area (Å²) in [5, 5.41) is 47.4. The highest BCUT2D eigenvalue weighted by Gasteiger charge is 2.04. The Balaban J connectivity index is 0.000000235. The molecule has 5 aromatic rings. The van der Waals surface area contributed by atoms with Crippen molar-refractivity contribution in [2.24, 2.45) is 0 Å². The van der Waals surface area contributed by atoms with Crippen LogP contribution in [-0.2, 0) is 6.42 Å². The summed E-state index contributed by atoms with van der Waals surface area (Å²) in [7, 11) is 0. The van der Waals surface area contributed by atoms with E-state index >= 15 is 0 Å². The van der Waals surface area contributed by atoms with Gasteiger partial charge in [-0.2, -0.15) is 0 Å². The summed E-state index contributed by atoms with van der Waals surface area (Å²) in [5.74, 6) is 1.60. The molecule has 0 unspecified atom stereocenters. The molecule has 0 aliphatic carbocycles. The minimum Gasteiger partial charge on any atom is -0.508 e. The van der Waals surface area contributed by atoms with Gasteiger partial charge >= 0.3 is 0 Å². The highest BCUT2D eigenvalue weighted by molar-refractivity contribution is 5.68. The van der Waals surface area contributed by atoms with Gasteiger partial charge in [0.05, 0.1) is 0 Å². The van der Waals surface area contributed by atoms with Gasteiger partial charge in [-0.1, -0.05) is 62.0 Å². The molecule has 232 valence electrons. The Morgan fingerprint density at radius 1 is 0.341 bits per heavy atom. The van der Waals surface area contributed by atoms with Crippen LogP contribution < -0.4 is 0 Å². The van der Waals surface area contributed by atoms with Gasteiger partial charge in [0.15, 0.2) is 0 Å². The van der Waals surface area contributed by atoms with Crippen molar-refractivity contribution in [1.82, 2.24) is 0 Å². The maximum Gasteiger partial charge on any atom is 0.119 e. The third-order valence-electron chi connectivity index (χ3n) is 7.49. The lowest BCUT2D eigenvalue weighted by Gasteiger charge is -2.06. The number of aromatic hydroxyl groups is 5. The van der Waals surface area contributed by atoms with Crippen molar-refractivity contribution in [2.45, 2.75) is 62.3 Å². The molecule has 5 aromatic carbocycles. The van der Waals surface area contributed by atoms with Crippen LogP contribution in [0.5, 0.6) is 28.7 Å². The zero-order valence-electron chi connectivity index (χ0n) is 26.0. The maximum atomic E-state index is 9.62. The van der Waals surface area contributed by atoms with Crippen molar-refractivity contribution < 1.29 is 25.5 Å². The van der Waals surface area contributed by atoms with Gasteiger partial charge in [-0.25, -0.2) is 0 Å². The molecule has 5 N–H and O–H groups in total. The zero-order valence-corrected chi connectivity index (χ0v) is 26.0. The molecule has 5 heteroatoms. The van der Waals surface area contributed by atoms with Crippen LogP contribution in [0.1, 0.15) is 57.5 Å². The van der Waals surface area contributed by atoms with Crippen molar-refractivity contribution in [3.8, 4) is 39.9 Å². The van der Waals surface area contributed by atoms with Crippen LogP contribution in [0, 0.1) is 48.5 Å². The molecule has 5 nitrogen and oxygen atoms in total. The van der Waals surface area contributed by atoms with E-state index in [1.807, 2.05) is 103 Å². The molecule has 0 atom stereocenters. The first-order chi connectivity index (χ1) is 20.2. The molecule has 0 aromatic heterocycles. The lowest BCUT2D eigenvalue weighted by atomic mass is 10.0. The minimum atomic E-state index is 0. The first-order valence-electron chi connectivity index (χ1n) is 14.2. The number of rotatable bonds is 3. The fraction of sp³-hybridized carbons (Fsp3) is 0.231. The van der Waals surface area contributed by atoms with Crippen LogP contribution in [-0.4, -0.2) is 25.5 Å². The molecule has 0 amide bonds. The number of phenols is 5. The lowest BCUT2D eigenvalue weighted by molar-refractivity contribution is 0.470. The highest BCUT2D eigenvalue weighted by Crippen LogP contribution is 2.29. The van der Waals surface area contributed by atoms with Crippen molar-refractivity contribution in [1.29, 1.82) is 0 Å². The van der Waals surface area contributed by atoms with Crippen molar-refractivity contribution in [3.05, 3.63) is 135 Å². The van der Waals surface area contributed by atoms with E-state index in [2.05, 4.69) is 0 Å². The molecule has 0 aliphatic rings. The third-order valence-corrected chi connectivity index (χ3v) is 7.49. The smallest absolute Gasteiger partial charge is 0.119 e. The molecule has 0 bridgehead atoms. The van der Waals surface area contributed by atoms with Gasteiger partial charge in [0.2, 0.25) is 0 Å². The largest absolute Gasteiger partial charge is 0.508 e. The van der Waals surface area contributed by atoms with Crippen molar-refractivity contribution in [3.63, 3.8) is 0 Å². The molecular weight excluding hydrogens is 548 g/mol. The normalized spacial score (nSPS) is 10.1. The maximum absolute atomic E-state index is 9.62. The van der Waals surface area contributed by atoms with Crippen LogP contribution in [0.4, 0.5) is 0 Å². The number of hydrogen-bond acceptors (Lipinski definition) is 5. The van der Waals surface area contributed by atoms with E-state index in [1.54, 1.807) is 30.3 Å². The molecule has 0 fully saturated rings. The lowest BCUT2D eigenvalue weighted by Crippen LogP contribution is -1.90. The molecule has 0 aliphatic heterocycles. The number of hydrogen-bond donors (Lipinski definition) is 5. The van der Waals surface area contributed by atoms with E-state index in [0.29, 0.717) is 17.2 Å². The van der Waals surface area contributed by atoms with Crippen LogP contribution >= 0.6 is 0 Å². The van der Waals surface area contributed by atoms with Crippen molar-refractivity contribution in [2.75, 3.05) is 0 Å². The van der Waals surface area contributed by atoms with E-state index < -0.39 is 0 Å². The number of benzene rings is 5. The predicted molar refractivity (Wildman–Crippen MR) is 182 cm³/mol. The molecule has 0 saturated carbocycles. The summed E-state index contributed by atoms with van der Waals surface area (Å²) in [4.78, 5) is 0. The van der Waals surface area contributed by atoms with Gasteiger partial charge in [0, 0.05) is 0 Å². The first kappa shape index (κ1) is 35.3.